The minimum absolute atomic E-state index is 0.0304. The van der Waals surface area contributed by atoms with Crippen molar-refractivity contribution in [1.29, 1.82) is 0 Å². The molecule has 5 rings (SSSR count). The van der Waals surface area contributed by atoms with Crippen LogP contribution in [-0.4, -0.2) is 20.6 Å². The van der Waals surface area contributed by atoms with Crippen molar-refractivity contribution in [2.24, 2.45) is 5.92 Å². The van der Waals surface area contributed by atoms with Crippen molar-refractivity contribution >= 4 is 17.0 Å². The lowest BCUT2D eigenvalue weighted by atomic mass is 9.87. The molecule has 0 radical (unpaired) electrons. The van der Waals surface area contributed by atoms with Gasteiger partial charge >= 0.3 is 0 Å². The van der Waals surface area contributed by atoms with E-state index in [2.05, 4.69) is 36.3 Å². The van der Waals surface area contributed by atoms with Crippen LogP contribution in [0.3, 0.4) is 0 Å². The highest BCUT2D eigenvalue weighted by Gasteiger charge is 2.25. The normalized spacial score (nSPS) is 22.8. The summed E-state index contributed by atoms with van der Waals surface area (Å²) < 4.78 is 1.99. The van der Waals surface area contributed by atoms with Crippen molar-refractivity contribution in [3.63, 3.8) is 0 Å². The van der Waals surface area contributed by atoms with E-state index in [4.69, 9.17) is 4.98 Å². The first kappa shape index (κ1) is 21.2. The van der Waals surface area contributed by atoms with E-state index in [1.807, 2.05) is 35.0 Å². The summed E-state index contributed by atoms with van der Waals surface area (Å²) >= 11 is 0. The second-order valence-electron chi connectivity index (χ2n) is 9.92. The monoisotopic (exact) mass is 430 g/mol. The zero-order valence-corrected chi connectivity index (χ0v) is 19.3. The molecule has 32 heavy (non-hydrogen) atoms. The van der Waals surface area contributed by atoms with Crippen LogP contribution in [0.25, 0.3) is 11.0 Å². The third-order valence-corrected chi connectivity index (χ3v) is 7.61. The van der Waals surface area contributed by atoms with Crippen molar-refractivity contribution in [3.05, 3.63) is 64.1 Å². The fourth-order valence-corrected chi connectivity index (χ4v) is 5.53. The Morgan fingerprint density at radius 2 is 1.75 bits per heavy atom. The Bertz CT molecular complexity index is 1130. The number of nitrogens with one attached hydrogen (secondary N) is 1. The number of aromatic nitrogens is 3. The SMILES string of the molecule is CC1CCC(Nc2ncc3cc(C(C)c4ccccc4)c(=O)n(C4CCCC4)c3n2)CC1. The number of pyridine rings is 1. The van der Waals surface area contributed by atoms with E-state index in [0.717, 1.165) is 53.8 Å². The smallest absolute Gasteiger partial charge is 0.256 e. The van der Waals surface area contributed by atoms with E-state index < -0.39 is 0 Å². The number of benzene rings is 1. The molecule has 2 aliphatic rings. The first-order chi connectivity index (χ1) is 15.6. The number of rotatable bonds is 5. The Kier molecular flexibility index (Phi) is 5.99. The quantitative estimate of drug-likeness (QED) is 0.535. The summed E-state index contributed by atoms with van der Waals surface area (Å²) in [5.74, 6) is 1.50. The van der Waals surface area contributed by atoms with Gasteiger partial charge in [-0.25, -0.2) is 4.98 Å². The van der Waals surface area contributed by atoms with Gasteiger partial charge in [0.25, 0.3) is 5.56 Å². The van der Waals surface area contributed by atoms with Gasteiger partial charge in [0.05, 0.1) is 0 Å². The summed E-state index contributed by atoms with van der Waals surface area (Å²) in [6.45, 7) is 4.45. The fourth-order valence-electron chi connectivity index (χ4n) is 5.53. The predicted molar refractivity (Wildman–Crippen MR) is 130 cm³/mol. The molecule has 2 heterocycles. The predicted octanol–water partition coefficient (Wildman–Crippen LogP) is 6.05. The Hall–Kier alpha value is -2.69. The molecule has 5 heteroatoms. The Labute approximate surface area is 190 Å². The fraction of sp³-hybridized carbons (Fsp3) is 0.519. The van der Waals surface area contributed by atoms with Crippen LogP contribution in [-0.2, 0) is 0 Å². The average Bonchev–Trinajstić information content (AvgIpc) is 3.35. The summed E-state index contributed by atoms with van der Waals surface area (Å²) in [5.41, 5.74) is 2.89. The van der Waals surface area contributed by atoms with Crippen LogP contribution < -0.4 is 10.9 Å². The van der Waals surface area contributed by atoms with Crippen LogP contribution in [0.2, 0.25) is 0 Å². The van der Waals surface area contributed by atoms with E-state index in [9.17, 15) is 4.79 Å². The summed E-state index contributed by atoms with van der Waals surface area (Å²) in [4.78, 5) is 23.4. The van der Waals surface area contributed by atoms with Gasteiger partial charge in [-0.05, 0) is 56.1 Å². The molecule has 0 amide bonds. The molecule has 1 unspecified atom stereocenters. The van der Waals surface area contributed by atoms with E-state index >= 15 is 0 Å². The molecule has 1 aromatic carbocycles. The van der Waals surface area contributed by atoms with Crippen LogP contribution in [0.5, 0.6) is 0 Å². The average molecular weight is 431 g/mol. The lowest BCUT2D eigenvalue weighted by Gasteiger charge is -2.27. The van der Waals surface area contributed by atoms with Gasteiger partial charge in [-0.1, -0.05) is 57.0 Å². The lowest BCUT2D eigenvalue weighted by molar-refractivity contribution is 0.360. The van der Waals surface area contributed by atoms with Gasteiger partial charge in [0.2, 0.25) is 5.95 Å². The zero-order chi connectivity index (χ0) is 22.1. The summed E-state index contributed by atoms with van der Waals surface area (Å²) in [6.07, 6.45) is 11.2. The van der Waals surface area contributed by atoms with Gasteiger partial charge < -0.3 is 5.32 Å². The summed E-state index contributed by atoms with van der Waals surface area (Å²) in [7, 11) is 0. The number of nitrogens with zero attached hydrogens (tertiary/aromatic N) is 3. The topological polar surface area (TPSA) is 59.8 Å². The van der Waals surface area contributed by atoms with Gasteiger partial charge in [0, 0.05) is 35.1 Å². The van der Waals surface area contributed by atoms with Gasteiger partial charge in [-0.3, -0.25) is 9.36 Å². The van der Waals surface area contributed by atoms with Gasteiger partial charge in [-0.2, -0.15) is 4.98 Å². The van der Waals surface area contributed by atoms with Crippen LogP contribution >= 0.6 is 0 Å². The Balaban J connectivity index is 1.56. The van der Waals surface area contributed by atoms with Crippen molar-refractivity contribution in [3.8, 4) is 0 Å². The number of anilines is 1. The molecular formula is C27H34N4O. The number of hydrogen-bond donors (Lipinski definition) is 1. The molecule has 2 saturated carbocycles. The molecule has 1 N–H and O–H groups in total. The molecule has 2 fully saturated rings. The first-order valence-corrected chi connectivity index (χ1v) is 12.3. The zero-order valence-electron chi connectivity index (χ0n) is 19.3. The second-order valence-corrected chi connectivity index (χ2v) is 9.92. The molecule has 0 spiro atoms. The second kappa shape index (κ2) is 9.05. The molecule has 5 nitrogen and oxygen atoms in total. The van der Waals surface area contributed by atoms with Crippen LogP contribution in [0.4, 0.5) is 5.95 Å². The highest BCUT2D eigenvalue weighted by molar-refractivity contribution is 5.76. The van der Waals surface area contributed by atoms with Crippen molar-refractivity contribution in [2.75, 3.05) is 5.32 Å². The van der Waals surface area contributed by atoms with Crippen molar-refractivity contribution < 1.29 is 0 Å². The largest absolute Gasteiger partial charge is 0.351 e. The molecular weight excluding hydrogens is 396 g/mol. The van der Waals surface area contributed by atoms with Gasteiger partial charge in [0.15, 0.2) is 0 Å². The standard InChI is InChI=1S/C27H34N4O/c1-18-12-14-22(15-13-18)29-27-28-17-21-16-24(19(2)20-8-4-3-5-9-20)26(32)31(25(21)30-27)23-10-6-7-11-23/h3-5,8-9,16-19,22-23H,6-7,10-15H2,1-2H3,(H,28,29,30). The van der Waals surface area contributed by atoms with E-state index in [1.54, 1.807) is 0 Å². The number of hydrogen-bond acceptors (Lipinski definition) is 4. The summed E-state index contributed by atoms with van der Waals surface area (Å²) in [5, 5.41) is 4.51. The molecule has 0 bridgehead atoms. The van der Waals surface area contributed by atoms with Crippen LogP contribution in [0.1, 0.15) is 88.3 Å². The highest BCUT2D eigenvalue weighted by atomic mass is 16.1. The summed E-state index contributed by atoms with van der Waals surface area (Å²) in [6, 6.07) is 13.0. The Morgan fingerprint density at radius 1 is 1.03 bits per heavy atom. The maximum atomic E-state index is 13.8. The minimum Gasteiger partial charge on any atom is -0.351 e. The molecule has 2 aromatic heterocycles. The third kappa shape index (κ3) is 4.17. The van der Waals surface area contributed by atoms with Gasteiger partial charge in [0.1, 0.15) is 5.65 Å². The third-order valence-electron chi connectivity index (χ3n) is 7.61. The van der Waals surface area contributed by atoms with E-state index in [-0.39, 0.29) is 17.5 Å². The van der Waals surface area contributed by atoms with Gasteiger partial charge in [-0.15, -0.1) is 0 Å². The van der Waals surface area contributed by atoms with Crippen LogP contribution in [0, 0.1) is 5.92 Å². The molecule has 1 atom stereocenters. The maximum absolute atomic E-state index is 13.8. The van der Waals surface area contributed by atoms with Crippen molar-refractivity contribution in [2.45, 2.75) is 83.2 Å². The Morgan fingerprint density at radius 3 is 2.47 bits per heavy atom. The van der Waals surface area contributed by atoms with Crippen molar-refractivity contribution in [1.82, 2.24) is 14.5 Å². The van der Waals surface area contributed by atoms with Crippen LogP contribution in [0.15, 0.2) is 47.4 Å². The molecule has 0 aliphatic heterocycles. The maximum Gasteiger partial charge on any atom is 0.256 e. The van der Waals surface area contributed by atoms with E-state index in [0.29, 0.717) is 12.0 Å². The molecule has 168 valence electrons. The minimum atomic E-state index is 0.0304. The van der Waals surface area contributed by atoms with E-state index in [1.165, 1.54) is 25.7 Å². The molecule has 0 saturated heterocycles. The first-order valence-electron chi connectivity index (χ1n) is 12.3. The lowest BCUT2D eigenvalue weighted by Crippen LogP contribution is -2.30. The highest BCUT2D eigenvalue weighted by Crippen LogP contribution is 2.33. The molecule has 2 aliphatic carbocycles. The number of fused-ring (bicyclic) bond motifs is 1. The molecule has 3 aromatic rings.